The van der Waals surface area contributed by atoms with Gasteiger partial charge < -0.3 is 10.1 Å². The molecule has 0 aromatic rings. The molecule has 0 aromatic heterocycles. The van der Waals surface area contributed by atoms with Crippen molar-refractivity contribution in [2.75, 3.05) is 20.2 Å². The van der Waals surface area contributed by atoms with Crippen molar-refractivity contribution in [1.29, 1.82) is 0 Å². The van der Waals surface area contributed by atoms with Gasteiger partial charge >= 0.3 is 0 Å². The Bertz CT molecular complexity index is 127. The molecule has 0 spiro atoms. The molecular weight excluding hydrogens is 174 g/mol. The van der Waals surface area contributed by atoms with Gasteiger partial charge in [0.15, 0.2) is 0 Å². The van der Waals surface area contributed by atoms with Gasteiger partial charge in [-0.3, -0.25) is 0 Å². The Morgan fingerprint density at radius 2 is 1.86 bits per heavy atom. The summed E-state index contributed by atoms with van der Waals surface area (Å²) in [5, 5.41) is 3.19. The van der Waals surface area contributed by atoms with Gasteiger partial charge in [0.25, 0.3) is 0 Å². The Balaban J connectivity index is 3.51. The van der Waals surface area contributed by atoms with Crippen molar-refractivity contribution in [2.45, 2.75) is 58.5 Å². The molecule has 0 aliphatic rings. The number of nitrogens with one attached hydrogen (secondary N) is 1. The molecule has 0 saturated heterocycles. The first-order chi connectivity index (χ1) is 6.68. The van der Waals surface area contributed by atoms with E-state index >= 15 is 0 Å². The SMILES string of the molecule is CCCCCCOC(C)(CC)CNC. The van der Waals surface area contributed by atoms with Gasteiger partial charge in [-0.15, -0.1) is 0 Å². The van der Waals surface area contributed by atoms with Crippen molar-refractivity contribution in [3.8, 4) is 0 Å². The van der Waals surface area contributed by atoms with Crippen LogP contribution in [0.4, 0.5) is 0 Å². The van der Waals surface area contributed by atoms with Gasteiger partial charge in [0.1, 0.15) is 0 Å². The van der Waals surface area contributed by atoms with E-state index in [1.54, 1.807) is 0 Å². The molecule has 86 valence electrons. The second-order valence-corrected chi connectivity index (χ2v) is 4.24. The molecular formula is C12H27NO. The second-order valence-electron chi connectivity index (χ2n) is 4.24. The predicted molar refractivity (Wildman–Crippen MR) is 62.7 cm³/mol. The van der Waals surface area contributed by atoms with E-state index in [-0.39, 0.29) is 5.60 Å². The molecule has 0 heterocycles. The molecule has 0 radical (unpaired) electrons. The molecule has 1 atom stereocenters. The van der Waals surface area contributed by atoms with E-state index in [1.807, 2.05) is 7.05 Å². The van der Waals surface area contributed by atoms with Crippen LogP contribution in [-0.2, 0) is 4.74 Å². The summed E-state index contributed by atoms with van der Waals surface area (Å²) in [6, 6.07) is 0. The fourth-order valence-electron chi connectivity index (χ4n) is 1.50. The first-order valence-electron chi connectivity index (χ1n) is 5.97. The number of hydrogen-bond acceptors (Lipinski definition) is 2. The zero-order valence-electron chi connectivity index (χ0n) is 10.4. The van der Waals surface area contributed by atoms with Crippen LogP contribution >= 0.6 is 0 Å². The van der Waals surface area contributed by atoms with E-state index in [4.69, 9.17) is 4.74 Å². The van der Waals surface area contributed by atoms with Gasteiger partial charge in [0, 0.05) is 13.2 Å². The normalized spacial score (nSPS) is 15.4. The highest BCUT2D eigenvalue weighted by Crippen LogP contribution is 2.14. The van der Waals surface area contributed by atoms with Gasteiger partial charge in [-0.05, 0) is 26.8 Å². The number of rotatable bonds is 9. The van der Waals surface area contributed by atoms with Gasteiger partial charge in [-0.25, -0.2) is 0 Å². The lowest BCUT2D eigenvalue weighted by atomic mass is 10.0. The van der Waals surface area contributed by atoms with E-state index in [0.717, 1.165) is 19.6 Å². The summed E-state index contributed by atoms with van der Waals surface area (Å²) < 4.78 is 5.90. The quantitative estimate of drug-likeness (QED) is 0.579. The fraction of sp³-hybridized carbons (Fsp3) is 1.00. The van der Waals surface area contributed by atoms with Crippen LogP contribution in [0.25, 0.3) is 0 Å². The molecule has 2 nitrogen and oxygen atoms in total. The minimum Gasteiger partial charge on any atom is -0.374 e. The number of ether oxygens (including phenoxy) is 1. The third-order valence-corrected chi connectivity index (χ3v) is 2.75. The number of unbranched alkanes of at least 4 members (excludes halogenated alkanes) is 3. The molecule has 1 unspecified atom stereocenters. The van der Waals surface area contributed by atoms with Crippen molar-refractivity contribution in [2.24, 2.45) is 0 Å². The summed E-state index contributed by atoms with van der Waals surface area (Å²) in [7, 11) is 1.98. The molecule has 0 bridgehead atoms. The molecule has 1 N–H and O–H groups in total. The summed E-state index contributed by atoms with van der Waals surface area (Å²) in [6.07, 6.45) is 6.20. The monoisotopic (exact) mass is 201 g/mol. The largest absolute Gasteiger partial charge is 0.374 e. The maximum Gasteiger partial charge on any atom is 0.0775 e. The second kappa shape index (κ2) is 8.25. The topological polar surface area (TPSA) is 21.3 Å². The molecule has 0 amide bonds. The third kappa shape index (κ3) is 6.39. The van der Waals surface area contributed by atoms with E-state index in [1.165, 1.54) is 25.7 Å². The highest BCUT2D eigenvalue weighted by molar-refractivity contribution is 4.75. The van der Waals surface area contributed by atoms with Crippen LogP contribution in [0.2, 0.25) is 0 Å². The Hall–Kier alpha value is -0.0800. The Morgan fingerprint density at radius 1 is 1.14 bits per heavy atom. The summed E-state index contributed by atoms with van der Waals surface area (Å²) >= 11 is 0. The first-order valence-corrected chi connectivity index (χ1v) is 5.97. The van der Waals surface area contributed by atoms with Crippen molar-refractivity contribution in [3.05, 3.63) is 0 Å². The molecule has 0 aliphatic carbocycles. The number of likely N-dealkylation sites (N-methyl/N-ethyl adjacent to an activating group) is 1. The molecule has 0 aromatic carbocycles. The Labute approximate surface area is 89.4 Å². The van der Waals surface area contributed by atoms with Crippen molar-refractivity contribution >= 4 is 0 Å². The van der Waals surface area contributed by atoms with E-state index in [9.17, 15) is 0 Å². The highest BCUT2D eigenvalue weighted by atomic mass is 16.5. The predicted octanol–water partition coefficient (Wildman–Crippen LogP) is 2.97. The lowest BCUT2D eigenvalue weighted by molar-refractivity contribution is -0.0335. The van der Waals surface area contributed by atoms with Crippen molar-refractivity contribution in [1.82, 2.24) is 5.32 Å². The molecule has 0 rings (SSSR count). The maximum absolute atomic E-state index is 5.90. The lowest BCUT2D eigenvalue weighted by Crippen LogP contribution is -2.38. The van der Waals surface area contributed by atoms with E-state index < -0.39 is 0 Å². The van der Waals surface area contributed by atoms with Crippen LogP contribution in [0, 0.1) is 0 Å². The van der Waals surface area contributed by atoms with Crippen LogP contribution in [0.1, 0.15) is 52.9 Å². The highest BCUT2D eigenvalue weighted by Gasteiger charge is 2.20. The van der Waals surface area contributed by atoms with Gasteiger partial charge in [-0.2, -0.15) is 0 Å². The van der Waals surface area contributed by atoms with Gasteiger partial charge in [0.2, 0.25) is 0 Å². The lowest BCUT2D eigenvalue weighted by Gasteiger charge is -2.28. The maximum atomic E-state index is 5.90. The zero-order chi connectivity index (χ0) is 10.9. The molecule has 0 aliphatic heterocycles. The standard InChI is InChI=1S/C12H27NO/c1-5-7-8-9-10-14-12(3,6-2)11-13-4/h13H,5-11H2,1-4H3. The van der Waals surface area contributed by atoms with Crippen LogP contribution in [-0.4, -0.2) is 25.8 Å². The van der Waals surface area contributed by atoms with Crippen LogP contribution in [0.15, 0.2) is 0 Å². The van der Waals surface area contributed by atoms with Gasteiger partial charge in [0.05, 0.1) is 5.60 Å². The van der Waals surface area contributed by atoms with Crippen LogP contribution < -0.4 is 5.32 Å². The smallest absolute Gasteiger partial charge is 0.0775 e. The minimum atomic E-state index is 0.0287. The zero-order valence-corrected chi connectivity index (χ0v) is 10.4. The van der Waals surface area contributed by atoms with Crippen LogP contribution in [0.5, 0.6) is 0 Å². The average molecular weight is 201 g/mol. The Kier molecular flexibility index (Phi) is 8.20. The van der Waals surface area contributed by atoms with Crippen molar-refractivity contribution in [3.63, 3.8) is 0 Å². The van der Waals surface area contributed by atoms with Crippen molar-refractivity contribution < 1.29 is 4.74 Å². The fourth-order valence-corrected chi connectivity index (χ4v) is 1.50. The molecule has 0 fully saturated rings. The molecule has 2 heteroatoms. The Morgan fingerprint density at radius 3 is 2.36 bits per heavy atom. The molecule has 0 saturated carbocycles. The van der Waals surface area contributed by atoms with E-state index in [0.29, 0.717) is 0 Å². The third-order valence-electron chi connectivity index (χ3n) is 2.75. The number of hydrogen-bond donors (Lipinski definition) is 1. The van der Waals surface area contributed by atoms with Gasteiger partial charge in [-0.1, -0.05) is 33.1 Å². The van der Waals surface area contributed by atoms with E-state index in [2.05, 4.69) is 26.1 Å². The average Bonchev–Trinajstić information content (AvgIpc) is 2.18. The minimum absolute atomic E-state index is 0.0287. The summed E-state index contributed by atoms with van der Waals surface area (Å²) in [5.41, 5.74) is 0.0287. The summed E-state index contributed by atoms with van der Waals surface area (Å²) in [4.78, 5) is 0. The first kappa shape index (κ1) is 13.9. The summed E-state index contributed by atoms with van der Waals surface area (Å²) in [6.45, 7) is 8.45. The summed E-state index contributed by atoms with van der Waals surface area (Å²) in [5.74, 6) is 0. The van der Waals surface area contributed by atoms with Crippen LogP contribution in [0.3, 0.4) is 0 Å². The molecule has 14 heavy (non-hydrogen) atoms.